The van der Waals surface area contributed by atoms with Crippen LogP contribution in [0.15, 0.2) is 122 Å². The second kappa shape index (κ2) is 67.3. The summed E-state index contributed by atoms with van der Waals surface area (Å²) in [5.74, 6) is -0.921. The summed E-state index contributed by atoms with van der Waals surface area (Å²) in [4.78, 5) is 38.4. The van der Waals surface area contributed by atoms with Gasteiger partial charge in [-0.15, -0.1) is 0 Å². The van der Waals surface area contributed by atoms with Gasteiger partial charge in [0.2, 0.25) is 0 Å². The van der Waals surface area contributed by atoms with E-state index in [2.05, 4.69) is 142 Å². The molecule has 0 aliphatic rings. The number of carbonyl (C=O) groups excluding carboxylic acids is 3. The number of hydrogen-bond donors (Lipinski definition) is 0. The molecule has 0 radical (unpaired) electrons. The molecule has 6 heteroatoms. The highest BCUT2D eigenvalue weighted by Crippen LogP contribution is 2.17. The van der Waals surface area contributed by atoms with Crippen LogP contribution >= 0.6 is 0 Å². The van der Waals surface area contributed by atoms with Crippen LogP contribution in [0.4, 0.5) is 0 Å². The lowest BCUT2D eigenvalue weighted by atomic mass is 10.0. The van der Waals surface area contributed by atoms with E-state index in [0.29, 0.717) is 12.8 Å². The molecule has 0 aromatic heterocycles. The average molecular weight is 1110 g/mol. The Bertz CT molecular complexity index is 1650. The quantitative estimate of drug-likeness (QED) is 0.0261. The van der Waals surface area contributed by atoms with Gasteiger partial charge in [0.15, 0.2) is 6.10 Å². The summed E-state index contributed by atoms with van der Waals surface area (Å²) in [6.07, 6.45) is 93.5. The molecule has 0 fully saturated rings. The molecule has 0 heterocycles. The molecular formula is C74H124O6. The highest BCUT2D eigenvalue weighted by Gasteiger charge is 2.19. The van der Waals surface area contributed by atoms with Crippen molar-refractivity contribution in [2.75, 3.05) is 13.2 Å². The predicted octanol–water partition coefficient (Wildman–Crippen LogP) is 23.2. The fourth-order valence-electron chi connectivity index (χ4n) is 9.26. The number of carbonyl (C=O) groups is 3. The molecule has 0 aliphatic heterocycles. The van der Waals surface area contributed by atoms with Crippen molar-refractivity contribution in [3.63, 3.8) is 0 Å². The molecule has 0 aromatic rings. The summed E-state index contributed by atoms with van der Waals surface area (Å²) in [6, 6.07) is 0. The van der Waals surface area contributed by atoms with Crippen molar-refractivity contribution in [1.29, 1.82) is 0 Å². The van der Waals surface area contributed by atoms with Crippen molar-refractivity contribution in [3.05, 3.63) is 122 Å². The van der Waals surface area contributed by atoms with Crippen LogP contribution < -0.4 is 0 Å². The third kappa shape index (κ3) is 64.6. The van der Waals surface area contributed by atoms with E-state index in [9.17, 15) is 14.4 Å². The highest BCUT2D eigenvalue weighted by atomic mass is 16.6. The lowest BCUT2D eigenvalue weighted by Crippen LogP contribution is -2.30. The van der Waals surface area contributed by atoms with Crippen molar-refractivity contribution >= 4 is 17.9 Å². The molecule has 0 saturated heterocycles. The second-order valence-electron chi connectivity index (χ2n) is 22.0. The van der Waals surface area contributed by atoms with Gasteiger partial charge >= 0.3 is 17.9 Å². The summed E-state index contributed by atoms with van der Waals surface area (Å²) in [7, 11) is 0. The number of esters is 3. The fourth-order valence-corrected chi connectivity index (χ4v) is 9.26. The molecule has 0 saturated carbocycles. The zero-order valence-electron chi connectivity index (χ0n) is 52.3. The van der Waals surface area contributed by atoms with Crippen molar-refractivity contribution in [2.45, 2.75) is 316 Å². The molecule has 0 N–H and O–H groups in total. The monoisotopic (exact) mass is 1110 g/mol. The standard InChI is InChI=1S/C74H124O6/c1-4-7-10-13-16-19-22-25-28-31-34-35-36-37-38-39-41-43-46-49-52-55-58-61-64-67-73(76)79-70-71(69-78-72(75)66-63-60-57-54-51-48-45-42-33-30-27-24-21-18-15-12-9-6-3)80-74(77)68-65-62-59-56-53-50-47-44-40-32-29-26-23-20-17-14-11-8-5-2/h7-8,10-11,16-17,19-20,25-26,28-29,34-35,37-38,40,44,50,53,71H,4-6,9,12-15,18,21-24,27,30-33,36,39,41-43,45-49,51-52,54-70H2,1-3H3/b10-7-,11-8-,19-16-,20-17-,28-25-,29-26-,35-34-,38-37-,44-40-,53-50-. The third-order valence-corrected chi connectivity index (χ3v) is 14.2. The van der Waals surface area contributed by atoms with Gasteiger partial charge in [-0.2, -0.15) is 0 Å². The van der Waals surface area contributed by atoms with Crippen molar-refractivity contribution < 1.29 is 28.6 Å². The zero-order valence-corrected chi connectivity index (χ0v) is 52.3. The molecule has 0 aromatic carbocycles. The first kappa shape index (κ1) is 75.8. The number of allylic oxidation sites excluding steroid dienone is 20. The van der Waals surface area contributed by atoms with Gasteiger partial charge in [0, 0.05) is 19.3 Å². The smallest absolute Gasteiger partial charge is 0.306 e. The van der Waals surface area contributed by atoms with Gasteiger partial charge < -0.3 is 14.2 Å². The normalized spacial score (nSPS) is 12.9. The summed E-state index contributed by atoms with van der Waals surface area (Å²) in [5, 5.41) is 0. The lowest BCUT2D eigenvalue weighted by Gasteiger charge is -2.18. The van der Waals surface area contributed by atoms with E-state index in [4.69, 9.17) is 14.2 Å². The Kier molecular flexibility index (Phi) is 63.8. The Morgan fingerprint density at radius 3 is 0.775 bits per heavy atom. The molecule has 0 rings (SSSR count). The van der Waals surface area contributed by atoms with Crippen LogP contribution in [0, 0.1) is 0 Å². The number of unbranched alkanes of at least 4 members (excludes halogenated alkanes) is 29. The van der Waals surface area contributed by atoms with Crippen molar-refractivity contribution in [1.82, 2.24) is 0 Å². The van der Waals surface area contributed by atoms with Gasteiger partial charge in [0.25, 0.3) is 0 Å². The van der Waals surface area contributed by atoms with Gasteiger partial charge in [0.1, 0.15) is 13.2 Å². The number of hydrogen-bond acceptors (Lipinski definition) is 6. The molecule has 0 bridgehead atoms. The van der Waals surface area contributed by atoms with Crippen LogP contribution in [0.2, 0.25) is 0 Å². The number of ether oxygens (including phenoxy) is 3. The maximum atomic E-state index is 12.9. The van der Waals surface area contributed by atoms with Crippen LogP contribution in [0.5, 0.6) is 0 Å². The van der Waals surface area contributed by atoms with Gasteiger partial charge in [-0.1, -0.05) is 303 Å². The van der Waals surface area contributed by atoms with Gasteiger partial charge in [-0.25, -0.2) is 0 Å². The van der Waals surface area contributed by atoms with Gasteiger partial charge in [-0.3, -0.25) is 14.4 Å². The SMILES string of the molecule is CC/C=C\C/C=C\C/C=C\C/C=C\C/C=C\CCCCCCCCCCCC(=O)OCC(COC(=O)CCCCCCCCCCCCCCCCCCCC)OC(=O)CCCCC/C=C\C/C=C\C/C=C\C/C=C\C/C=C\CC. The second-order valence-corrected chi connectivity index (χ2v) is 22.0. The molecule has 1 unspecified atom stereocenters. The van der Waals surface area contributed by atoms with Crippen molar-refractivity contribution in [3.8, 4) is 0 Å². The summed E-state index contributed by atoms with van der Waals surface area (Å²) in [6.45, 7) is 6.41. The fraction of sp³-hybridized carbons (Fsp3) is 0.689. The molecule has 1 atom stereocenters. The van der Waals surface area contributed by atoms with Crippen LogP contribution in [-0.4, -0.2) is 37.2 Å². The van der Waals surface area contributed by atoms with E-state index < -0.39 is 6.10 Å². The maximum Gasteiger partial charge on any atom is 0.306 e. The Morgan fingerprint density at radius 2 is 0.487 bits per heavy atom. The molecule has 0 spiro atoms. The first-order valence-corrected chi connectivity index (χ1v) is 33.5. The molecule has 0 amide bonds. The summed E-state index contributed by atoms with van der Waals surface area (Å²) >= 11 is 0. The Labute approximate surface area is 494 Å². The Balaban J connectivity index is 4.43. The largest absolute Gasteiger partial charge is 0.462 e. The highest BCUT2D eigenvalue weighted by molar-refractivity contribution is 5.71. The maximum absolute atomic E-state index is 12.9. The summed E-state index contributed by atoms with van der Waals surface area (Å²) < 4.78 is 16.9. The average Bonchev–Trinajstić information content (AvgIpc) is 3.46. The third-order valence-electron chi connectivity index (χ3n) is 14.2. The number of rotatable bonds is 60. The van der Waals surface area contributed by atoms with E-state index in [0.717, 1.165) is 135 Å². The summed E-state index contributed by atoms with van der Waals surface area (Å²) in [5.41, 5.74) is 0. The minimum atomic E-state index is -0.802. The van der Waals surface area contributed by atoms with Gasteiger partial charge in [0.05, 0.1) is 0 Å². The molecular weight excluding hydrogens is 985 g/mol. The topological polar surface area (TPSA) is 78.9 Å². The van der Waals surface area contributed by atoms with E-state index in [1.165, 1.54) is 135 Å². The van der Waals surface area contributed by atoms with Gasteiger partial charge in [-0.05, 0) is 109 Å². The minimum absolute atomic E-state index is 0.0929. The molecule has 80 heavy (non-hydrogen) atoms. The van der Waals surface area contributed by atoms with E-state index in [-0.39, 0.29) is 37.5 Å². The molecule has 6 nitrogen and oxygen atoms in total. The minimum Gasteiger partial charge on any atom is -0.462 e. The molecule has 456 valence electrons. The van der Waals surface area contributed by atoms with E-state index >= 15 is 0 Å². The Morgan fingerprint density at radius 1 is 0.263 bits per heavy atom. The van der Waals surface area contributed by atoms with Crippen molar-refractivity contribution in [2.24, 2.45) is 0 Å². The first-order valence-electron chi connectivity index (χ1n) is 33.5. The van der Waals surface area contributed by atoms with Crippen LogP contribution in [-0.2, 0) is 28.6 Å². The van der Waals surface area contributed by atoms with Crippen LogP contribution in [0.3, 0.4) is 0 Å². The van der Waals surface area contributed by atoms with E-state index in [1.807, 2.05) is 0 Å². The Hall–Kier alpha value is -4.19. The predicted molar refractivity (Wildman–Crippen MR) is 348 cm³/mol. The van der Waals surface area contributed by atoms with Crippen LogP contribution in [0.1, 0.15) is 310 Å². The zero-order chi connectivity index (χ0) is 57.8. The lowest BCUT2D eigenvalue weighted by molar-refractivity contribution is -0.167. The van der Waals surface area contributed by atoms with Crippen LogP contribution in [0.25, 0.3) is 0 Å². The molecule has 0 aliphatic carbocycles. The first-order chi connectivity index (χ1) is 39.5. The van der Waals surface area contributed by atoms with E-state index in [1.54, 1.807) is 0 Å².